The molecule has 0 aromatic heterocycles. The summed E-state index contributed by atoms with van der Waals surface area (Å²) in [6, 6.07) is 0. The molecule has 7 atom stereocenters. The topological polar surface area (TPSA) is 317 Å². The summed E-state index contributed by atoms with van der Waals surface area (Å²) in [5.74, 6) is -3.03. The van der Waals surface area contributed by atoms with Crippen LogP contribution in [0.5, 0.6) is 0 Å². The second-order valence-electron chi connectivity index (χ2n) is 6.42. The summed E-state index contributed by atoms with van der Waals surface area (Å²) in [5.41, 5.74) is 0. The first-order chi connectivity index (χ1) is 16.6. The molecule has 0 saturated carbocycles. The van der Waals surface area contributed by atoms with Crippen LogP contribution in [-0.2, 0) is 28.7 Å². The van der Waals surface area contributed by atoms with Crippen molar-refractivity contribution in [2.24, 2.45) is 0 Å². The number of aliphatic hydroxyl groups excluding tert-OH is 9. The highest BCUT2D eigenvalue weighted by molar-refractivity contribution is 5.78. The molecular formula is C19H36O17. The van der Waals surface area contributed by atoms with E-state index in [9.17, 15) is 24.3 Å². The normalized spacial score (nSPS) is 15.6. The molecule has 0 aliphatic heterocycles. The lowest BCUT2D eigenvalue weighted by atomic mass is 10.0. The molecule has 0 heterocycles. The van der Waals surface area contributed by atoms with Crippen LogP contribution in [0.15, 0.2) is 0 Å². The molecule has 17 nitrogen and oxygen atoms in total. The Morgan fingerprint density at radius 2 is 1.14 bits per heavy atom. The van der Waals surface area contributed by atoms with Gasteiger partial charge in [0.25, 0.3) is 5.97 Å². The fraction of sp³-hybridized carbons (Fsp3) is 0.737. The van der Waals surface area contributed by atoms with Gasteiger partial charge in [-0.2, -0.15) is 0 Å². The van der Waals surface area contributed by atoms with Crippen molar-refractivity contribution in [3.8, 4) is 0 Å². The van der Waals surface area contributed by atoms with Crippen molar-refractivity contribution in [3.63, 3.8) is 0 Å². The summed E-state index contributed by atoms with van der Waals surface area (Å²) >= 11 is 0. The van der Waals surface area contributed by atoms with Crippen LogP contribution in [-0.4, -0.2) is 149 Å². The van der Waals surface area contributed by atoms with Gasteiger partial charge in [0, 0.05) is 13.5 Å². The third kappa shape index (κ3) is 24.5. The van der Waals surface area contributed by atoms with Gasteiger partial charge in [-0.25, -0.2) is 0 Å². The number of aliphatic hydroxyl groups is 9. The zero-order chi connectivity index (χ0) is 29.4. The number of carbonyl (C=O) groups is 5. The van der Waals surface area contributed by atoms with E-state index >= 15 is 0 Å². The van der Waals surface area contributed by atoms with Gasteiger partial charge in [0.05, 0.1) is 26.1 Å². The SMILES string of the molecule is CC(=O)O.CCO.O=C[C@H](O)[C@@H](O)[C@H](O)[C@H](O)CO.O=C[C@H](OC(=O)CCC(=O)O)[C@@H](O)[C@H](O)CO. The summed E-state index contributed by atoms with van der Waals surface area (Å²) < 4.78 is 4.44. The highest BCUT2D eigenvalue weighted by atomic mass is 16.6. The summed E-state index contributed by atoms with van der Waals surface area (Å²) in [4.78, 5) is 50.6. The number of rotatable bonds is 13. The maximum absolute atomic E-state index is 11.0. The van der Waals surface area contributed by atoms with Crippen LogP contribution in [0.1, 0.15) is 26.7 Å². The molecule has 0 fully saturated rings. The van der Waals surface area contributed by atoms with Crippen molar-refractivity contribution in [1.82, 2.24) is 0 Å². The van der Waals surface area contributed by atoms with E-state index in [1.165, 1.54) is 0 Å². The third-order valence-corrected chi connectivity index (χ3v) is 3.28. The van der Waals surface area contributed by atoms with E-state index in [2.05, 4.69) is 4.74 Å². The first kappa shape index (κ1) is 40.6. The van der Waals surface area contributed by atoms with Gasteiger partial charge >= 0.3 is 11.9 Å². The van der Waals surface area contributed by atoms with E-state index in [0.717, 1.165) is 6.92 Å². The Morgan fingerprint density at radius 3 is 1.44 bits per heavy atom. The fourth-order valence-electron chi connectivity index (χ4n) is 1.54. The Hall–Kier alpha value is -2.61. The van der Waals surface area contributed by atoms with Crippen molar-refractivity contribution in [2.75, 3.05) is 19.8 Å². The van der Waals surface area contributed by atoms with E-state index < -0.39 is 86.7 Å². The highest BCUT2D eigenvalue weighted by Crippen LogP contribution is 2.05. The largest absolute Gasteiger partial charge is 0.481 e. The average Bonchev–Trinajstić information content (AvgIpc) is 2.83. The predicted molar refractivity (Wildman–Crippen MR) is 115 cm³/mol. The molecule has 0 aromatic carbocycles. The molecule has 0 bridgehead atoms. The van der Waals surface area contributed by atoms with Gasteiger partial charge < -0.3 is 65.7 Å². The zero-order valence-corrected chi connectivity index (χ0v) is 19.6. The number of carboxylic acid groups (broad SMARTS) is 2. The first-order valence-electron chi connectivity index (χ1n) is 10.0. The first-order valence-corrected chi connectivity index (χ1v) is 10.0. The van der Waals surface area contributed by atoms with Crippen LogP contribution in [0, 0.1) is 0 Å². The van der Waals surface area contributed by atoms with Crippen molar-refractivity contribution in [2.45, 2.75) is 69.4 Å². The number of aldehydes is 2. The summed E-state index contributed by atoms with van der Waals surface area (Å²) in [7, 11) is 0. The Kier molecular flexibility index (Phi) is 28.7. The van der Waals surface area contributed by atoms with Gasteiger partial charge in [0.2, 0.25) is 0 Å². The molecule has 0 unspecified atom stereocenters. The minimum Gasteiger partial charge on any atom is -0.481 e. The van der Waals surface area contributed by atoms with Crippen molar-refractivity contribution in [1.29, 1.82) is 0 Å². The van der Waals surface area contributed by atoms with Crippen LogP contribution in [0.25, 0.3) is 0 Å². The molecule has 0 radical (unpaired) electrons. The minimum absolute atomic E-state index is 0.0258. The molecular weight excluding hydrogens is 500 g/mol. The van der Waals surface area contributed by atoms with Crippen molar-refractivity contribution < 1.29 is 84.9 Å². The van der Waals surface area contributed by atoms with Crippen LogP contribution in [0.4, 0.5) is 0 Å². The smallest absolute Gasteiger partial charge is 0.307 e. The Labute approximate surface area is 205 Å². The molecule has 0 aliphatic carbocycles. The number of hydrogen-bond donors (Lipinski definition) is 11. The van der Waals surface area contributed by atoms with Crippen LogP contribution in [0.2, 0.25) is 0 Å². The van der Waals surface area contributed by atoms with Crippen LogP contribution in [0.3, 0.4) is 0 Å². The molecule has 0 aliphatic rings. The van der Waals surface area contributed by atoms with E-state index in [1.807, 2.05) is 0 Å². The fourth-order valence-corrected chi connectivity index (χ4v) is 1.54. The summed E-state index contributed by atoms with van der Waals surface area (Å²) in [6.45, 7) is 1.45. The number of ether oxygens (including phenoxy) is 1. The molecule has 36 heavy (non-hydrogen) atoms. The average molecular weight is 536 g/mol. The lowest BCUT2D eigenvalue weighted by Crippen LogP contribution is -2.46. The van der Waals surface area contributed by atoms with Gasteiger partial charge in [-0.05, 0) is 6.92 Å². The third-order valence-electron chi connectivity index (χ3n) is 3.28. The van der Waals surface area contributed by atoms with Gasteiger partial charge in [-0.3, -0.25) is 19.2 Å². The zero-order valence-electron chi connectivity index (χ0n) is 19.6. The van der Waals surface area contributed by atoms with Crippen molar-refractivity contribution in [3.05, 3.63) is 0 Å². The van der Waals surface area contributed by atoms with Gasteiger partial charge in [-0.1, -0.05) is 0 Å². The molecule has 0 saturated heterocycles. The van der Waals surface area contributed by atoms with Gasteiger partial charge in [0.1, 0.15) is 36.6 Å². The summed E-state index contributed by atoms with van der Waals surface area (Å²) in [5, 5.41) is 93.6. The van der Waals surface area contributed by atoms with Gasteiger partial charge in [-0.15, -0.1) is 0 Å². The molecule has 0 spiro atoms. The molecule has 11 N–H and O–H groups in total. The number of carbonyl (C=O) groups excluding carboxylic acids is 3. The number of hydrogen-bond acceptors (Lipinski definition) is 15. The maximum Gasteiger partial charge on any atom is 0.307 e. The minimum atomic E-state index is -1.79. The second kappa shape index (κ2) is 25.5. The van der Waals surface area contributed by atoms with Crippen LogP contribution >= 0.6 is 0 Å². The quantitative estimate of drug-likeness (QED) is 0.0771. The maximum atomic E-state index is 11.0. The van der Waals surface area contributed by atoms with Crippen molar-refractivity contribution >= 4 is 30.5 Å². The number of esters is 1. The molecule has 17 heteroatoms. The monoisotopic (exact) mass is 536 g/mol. The number of aliphatic carboxylic acids is 2. The molecule has 0 rings (SSSR count). The Morgan fingerprint density at radius 1 is 0.750 bits per heavy atom. The van der Waals surface area contributed by atoms with Gasteiger partial charge in [0.15, 0.2) is 18.7 Å². The molecule has 214 valence electrons. The van der Waals surface area contributed by atoms with E-state index in [0.29, 0.717) is 0 Å². The lowest BCUT2D eigenvalue weighted by molar-refractivity contribution is -0.164. The lowest BCUT2D eigenvalue weighted by Gasteiger charge is -2.22. The second-order valence-corrected chi connectivity index (χ2v) is 6.42. The van der Waals surface area contributed by atoms with E-state index in [-0.39, 0.29) is 19.2 Å². The Balaban J connectivity index is -0.000000233. The van der Waals surface area contributed by atoms with E-state index in [4.69, 9.17) is 55.9 Å². The molecule has 0 amide bonds. The number of carboxylic acids is 2. The highest BCUT2D eigenvalue weighted by Gasteiger charge is 2.30. The predicted octanol–water partition coefficient (Wildman–Crippen LogP) is -5.61. The standard InChI is InChI=1S/C9H14O8.C6H12O6.C2H4O2.C2H6O/c10-3-5(12)9(16)6(4-11)17-8(15)2-1-7(13)14;7-1-3(9)5(11)6(12)4(10)2-8;1-2(3)4;1-2-3/h4-6,9-10,12,16H,1-3H2,(H,13,14);1,3-6,8-12H,2H2;1H3,(H,3,4);3H,2H2,1H3/t5-,6+,9+;3-,4+,5+,6+;;/m10../s1. The Bertz CT molecular complexity index is 595. The molecule has 0 aromatic rings. The summed E-state index contributed by atoms with van der Waals surface area (Å²) in [6.07, 6.45) is -12.7. The van der Waals surface area contributed by atoms with E-state index in [1.54, 1.807) is 6.92 Å². The van der Waals surface area contributed by atoms with Crippen LogP contribution < -0.4 is 0 Å².